The lowest BCUT2D eigenvalue weighted by atomic mass is 10.1. The number of amides is 2. The van der Waals surface area contributed by atoms with Crippen LogP contribution in [0.3, 0.4) is 0 Å². The summed E-state index contributed by atoms with van der Waals surface area (Å²) in [5, 5.41) is 9.77. The Hall–Kier alpha value is -2.75. The van der Waals surface area contributed by atoms with Crippen LogP contribution in [0.15, 0.2) is 47.2 Å². The number of hydrogen-bond donors (Lipinski definition) is 2. The standard InChI is InChI=1S/C19H14BrCl2N5O3/c1-10(28)9-24-18(29)11-4-2-5-12(21)16(11)25-19(30)14-8-15(20)26-27(14)17-13(22)6-3-7-23-17/h2-8H,9H2,1H3,(H,24,29)(H,25,30). The number of carbonyl (C=O) groups excluding carboxylic acids is 3. The smallest absolute Gasteiger partial charge is 0.274 e. The number of para-hydroxylation sites is 1. The van der Waals surface area contributed by atoms with Gasteiger partial charge < -0.3 is 10.6 Å². The number of benzene rings is 1. The maximum atomic E-state index is 13.0. The lowest BCUT2D eigenvalue weighted by Crippen LogP contribution is -2.29. The maximum absolute atomic E-state index is 13.0. The average molecular weight is 511 g/mol. The Bertz CT molecular complexity index is 1150. The first-order valence-corrected chi connectivity index (χ1v) is 10.1. The Labute approximate surface area is 189 Å². The fourth-order valence-electron chi connectivity index (χ4n) is 2.53. The molecule has 154 valence electrons. The van der Waals surface area contributed by atoms with Gasteiger partial charge in [0.05, 0.1) is 27.8 Å². The minimum absolute atomic E-state index is 0.0983. The number of pyridine rings is 1. The Morgan fingerprint density at radius 3 is 2.53 bits per heavy atom. The van der Waals surface area contributed by atoms with E-state index in [0.717, 1.165) is 0 Å². The molecule has 0 aliphatic rings. The molecule has 2 N–H and O–H groups in total. The molecule has 0 aliphatic heterocycles. The highest BCUT2D eigenvalue weighted by atomic mass is 79.9. The van der Waals surface area contributed by atoms with Crippen LogP contribution in [-0.4, -0.2) is 38.9 Å². The van der Waals surface area contributed by atoms with E-state index in [0.29, 0.717) is 9.63 Å². The molecule has 8 nitrogen and oxygen atoms in total. The average Bonchev–Trinajstić information content (AvgIpc) is 3.09. The zero-order valence-corrected chi connectivity index (χ0v) is 18.5. The number of hydrogen-bond acceptors (Lipinski definition) is 5. The summed E-state index contributed by atoms with van der Waals surface area (Å²) in [4.78, 5) is 40.8. The predicted octanol–water partition coefficient (Wildman–Crippen LogP) is 3.91. The number of rotatable bonds is 6. The Balaban J connectivity index is 1.96. The van der Waals surface area contributed by atoms with Crippen molar-refractivity contribution in [2.75, 3.05) is 11.9 Å². The van der Waals surface area contributed by atoms with Crippen LogP contribution in [-0.2, 0) is 4.79 Å². The Morgan fingerprint density at radius 1 is 1.10 bits per heavy atom. The second kappa shape index (κ2) is 9.38. The highest BCUT2D eigenvalue weighted by Gasteiger charge is 2.22. The fourth-order valence-corrected chi connectivity index (χ4v) is 3.33. The minimum atomic E-state index is -0.594. The third-order valence-corrected chi connectivity index (χ3v) is 4.84. The van der Waals surface area contributed by atoms with Crippen LogP contribution in [0.1, 0.15) is 27.8 Å². The number of halogens is 3. The molecule has 2 amide bonds. The van der Waals surface area contributed by atoms with E-state index in [-0.39, 0.29) is 40.1 Å². The summed E-state index contributed by atoms with van der Waals surface area (Å²) in [5.74, 6) is -1.10. The maximum Gasteiger partial charge on any atom is 0.274 e. The predicted molar refractivity (Wildman–Crippen MR) is 116 cm³/mol. The van der Waals surface area contributed by atoms with Crippen LogP contribution in [0.5, 0.6) is 0 Å². The third kappa shape index (κ3) is 4.86. The highest BCUT2D eigenvalue weighted by Crippen LogP contribution is 2.28. The summed E-state index contributed by atoms with van der Waals surface area (Å²) in [6, 6.07) is 9.33. The van der Waals surface area contributed by atoms with Crippen molar-refractivity contribution in [3.05, 3.63) is 68.5 Å². The monoisotopic (exact) mass is 509 g/mol. The molecule has 3 rings (SSSR count). The second-order valence-corrected chi connectivity index (χ2v) is 7.70. The number of ketones is 1. The lowest BCUT2D eigenvalue weighted by molar-refractivity contribution is -0.116. The van der Waals surface area contributed by atoms with E-state index in [9.17, 15) is 14.4 Å². The van der Waals surface area contributed by atoms with Crippen LogP contribution < -0.4 is 10.6 Å². The number of nitrogens with zero attached hydrogens (tertiary/aromatic N) is 3. The summed E-state index contributed by atoms with van der Waals surface area (Å²) in [6.45, 7) is 1.21. The second-order valence-electron chi connectivity index (χ2n) is 6.07. The quantitative estimate of drug-likeness (QED) is 0.523. The van der Waals surface area contributed by atoms with Gasteiger partial charge in [-0.05, 0) is 47.1 Å². The molecule has 0 spiro atoms. The van der Waals surface area contributed by atoms with Gasteiger partial charge in [-0.2, -0.15) is 5.10 Å². The van der Waals surface area contributed by atoms with Gasteiger partial charge in [-0.3, -0.25) is 14.4 Å². The van der Waals surface area contributed by atoms with E-state index in [1.807, 2.05) is 0 Å². The van der Waals surface area contributed by atoms with Gasteiger partial charge in [-0.25, -0.2) is 9.67 Å². The molecule has 0 bridgehead atoms. The SMILES string of the molecule is CC(=O)CNC(=O)c1cccc(Cl)c1NC(=O)c1cc(Br)nn1-c1ncccc1Cl. The summed E-state index contributed by atoms with van der Waals surface area (Å²) in [7, 11) is 0. The van der Waals surface area contributed by atoms with Crippen molar-refractivity contribution in [3.8, 4) is 5.82 Å². The molecule has 3 aromatic rings. The van der Waals surface area contributed by atoms with Crippen LogP contribution >= 0.6 is 39.1 Å². The van der Waals surface area contributed by atoms with Crippen molar-refractivity contribution in [2.24, 2.45) is 0 Å². The van der Waals surface area contributed by atoms with Gasteiger partial charge in [-0.15, -0.1) is 0 Å². The van der Waals surface area contributed by atoms with Crippen molar-refractivity contribution < 1.29 is 14.4 Å². The first-order chi connectivity index (χ1) is 14.3. The molecule has 0 radical (unpaired) electrons. The van der Waals surface area contributed by atoms with Crippen molar-refractivity contribution in [1.29, 1.82) is 0 Å². The molecule has 2 heterocycles. The summed E-state index contributed by atoms with van der Waals surface area (Å²) >= 11 is 15.7. The van der Waals surface area contributed by atoms with E-state index in [2.05, 4.69) is 36.6 Å². The molecule has 1 aromatic carbocycles. The van der Waals surface area contributed by atoms with Gasteiger partial charge in [-0.1, -0.05) is 29.3 Å². The van der Waals surface area contributed by atoms with E-state index < -0.39 is 11.8 Å². The van der Waals surface area contributed by atoms with Gasteiger partial charge in [0.1, 0.15) is 16.1 Å². The van der Waals surface area contributed by atoms with Gasteiger partial charge in [0.2, 0.25) is 0 Å². The van der Waals surface area contributed by atoms with Gasteiger partial charge in [0, 0.05) is 12.3 Å². The highest BCUT2D eigenvalue weighted by molar-refractivity contribution is 9.10. The number of anilines is 1. The number of nitrogens with one attached hydrogen (secondary N) is 2. The van der Waals surface area contributed by atoms with E-state index in [4.69, 9.17) is 23.2 Å². The first kappa shape index (κ1) is 21.9. The lowest BCUT2D eigenvalue weighted by Gasteiger charge is -2.13. The fraction of sp³-hybridized carbons (Fsp3) is 0.105. The van der Waals surface area contributed by atoms with Crippen LogP contribution in [0.25, 0.3) is 5.82 Å². The third-order valence-electron chi connectivity index (χ3n) is 3.85. The molecule has 0 unspecified atom stereocenters. The Kier molecular flexibility index (Phi) is 6.86. The largest absolute Gasteiger partial charge is 0.345 e. The molecule has 2 aromatic heterocycles. The van der Waals surface area contributed by atoms with Crippen molar-refractivity contribution in [2.45, 2.75) is 6.92 Å². The van der Waals surface area contributed by atoms with E-state index >= 15 is 0 Å². The summed E-state index contributed by atoms with van der Waals surface area (Å²) < 4.78 is 1.65. The van der Waals surface area contributed by atoms with Crippen LogP contribution in [0.2, 0.25) is 10.0 Å². The zero-order valence-electron chi connectivity index (χ0n) is 15.4. The van der Waals surface area contributed by atoms with Gasteiger partial charge in [0.25, 0.3) is 11.8 Å². The summed E-state index contributed by atoms with van der Waals surface area (Å²) in [5.41, 5.74) is 0.316. The Morgan fingerprint density at radius 2 is 1.83 bits per heavy atom. The molecular weight excluding hydrogens is 497 g/mol. The normalized spacial score (nSPS) is 10.5. The first-order valence-electron chi connectivity index (χ1n) is 8.52. The van der Waals surface area contributed by atoms with Gasteiger partial charge in [0.15, 0.2) is 5.82 Å². The van der Waals surface area contributed by atoms with E-state index in [1.54, 1.807) is 18.2 Å². The molecule has 0 atom stereocenters. The van der Waals surface area contributed by atoms with Crippen LogP contribution in [0, 0.1) is 0 Å². The summed E-state index contributed by atoms with van der Waals surface area (Å²) in [6.07, 6.45) is 1.52. The minimum Gasteiger partial charge on any atom is -0.345 e. The topological polar surface area (TPSA) is 106 Å². The van der Waals surface area contributed by atoms with Crippen molar-refractivity contribution in [3.63, 3.8) is 0 Å². The zero-order chi connectivity index (χ0) is 21.8. The van der Waals surface area contributed by atoms with Crippen molar-refractivity contribution >= 4 is 62.4 Å². The molecule has 11 heteroatoms. The number of Topliss-reactive ketones (excluding diaryl/α,β-unsaturated/α-hetero) is 1. The number of aromatic nitrogens is 3. The molecule has 0 aliphatic carbocycles. The molecule has 30 heavy (non-hydrogen) atoms. The molecule has 0 saturated heterocycles. The van der Waals surface area contributed by atoms with E-state index in [1.165, 1.54) is 36.0 Å². The number of carbonyl (C=O) groups is 3. The molecular formula is C19H14BrCl2N5O3. The van der Waals surface area contributed by atoms with Gasteiger partial charge >= 0.3 is 0 Å². The molecule has 0 saturated carbocycles. The van der Waals surface area contributed by atoms with Crippen molar-refractivity contribution in [1.82, 2.24) is 20.1 Å². The molecule has 0 fully saturated rings. The van der Waals surface area contributed by atoms with Crippen LogP contribution in [0.4, 0.5) is 5.69 Å².